The zero-order valence-electron chi connectivity index (χ0n) is 12.4. The molecule has 2 aliphatic rings. The summed E-state index contributed by atoms with van der Waals surface area (Å²) in [5.41, 5.74) is 6.02. The predicted molar refractivity (Wildman–Crippen MR) is 99.9 cm³/mol. The third kappa shape index (κ3) is 6.11. The molecule has 0 aliphatic carbocycles. The van der Waals surface area contributed by atoms with E-state index < -0.39 is 10.0 Å². The van der Waals surface area contributed by atoms with Gasteiger partial charge in [0.25, 0.3) is 0 Å². The van der Waals surface area contributed by atoms with Gasteiger partial charge in [0, 0.05) is 44.2 Å². The Bertz CT molecular complexity index is 444. The molecule has 0 aromatic rings. The van der Waals surface area contributed by atoms with Crippen molar-refractivity contribution in [2.75, 3.05) is 50.5 Å². The topological polar surface area (TPSA) is 79.0 Å². The van der Waals surface area contributed by atoms with Gasteiger partial charge in [-0.15, -0.1) is 24.0 Å². The van der Waals surface area contributed by atoms with Crippen LogP contribution in [-0.2, 0) is 10.0 Å². The molecule has 2 heterocycles. The van der Waals surface area contributed by atoms with E-state index in [4.69, 9.17) is 5.73 Å². The first-order valence-electron chi connectivity index (χ1n) is 7.04. The zero-order chi connectivity index (χ0) is 14.6. The summed E-state index contributed by atoms with van der Waals surface area (Å²) < 4.78 is 24.4. The number of sulfonamides is 1. The van der Waals surface area contributed by atoms with Gasteiger partial charge in [-0.2, -0.15) is 11.8 Å². The van der Waals surface area contributed by atoms with Gasteiger partial charge in [-0.25, -0.2) is 12.7 Å². The highest BCUT2D eigenvalue weighted by Gasteiger charge is 2.24. The van der Waals surface area contributed by atoms with Crippen LogP contribution in [0.4, 0.5) is 0 Å². The monoisotopic (exact) mass is 448 g/mol. The van der Waals surface area contributed by atoms with Crippen molar-refractivity contribution in [2.45, 2.75) is 12.8 Å². The van der Waals surface area contributed by atoms with Crippen molar-refractivity contribution in [1.82, 2.24) is 9.21 Å². The van der Waals surface area contributed by atoms with E-state index in [1.165, 1.54) is 6.26 Å². The number of halogens is 1. The maximum Gasteiger partial charge on any atom is 0.211 e. The average molecular weight is 448 g/mol. The van der Waals surface area contributed by atoms with E-state index in [-0.39, 0.29) is 24.0 Å². The van der Waals surface area contributed by atoms with Gasteiger partial charge in [-0.05, 0) is 18.8 Å². The van der Waals surface area contributed by atoms with Crippen molar-refractivity contribution in [3.05, 3.63) is 0 Å². The van der Waals surface area contributed by atoms with Gasteiger partial charge in [0.1, 0.15) is 0 Å². The quantitative estimate of drug-likeness (QED) is 0.390. The van der Waals surface area contributed by atoms with Crippen LogP contribution in [0.25, 0.3) is 0 Å². The molecular weight excluding hydrogens is 423 g/mol. The number of nitrogens with two attached hydrogens (primary N) is 1. The smallest absolute Gasteiger partial charge is 0.211 e. The van der Waals surface area contributed by atoms with Gasteiger partial charge in [0.2, 0.25) is 10.0 Å². The first-order valence-corrected chi connectivity index (χ1v) is 10.0. The van der Waals surface area contributed by atoms with E-state index in [1.54, 1.807) is 4.31 Å². The molecule has 2 N–H and O–H groups in total. The average Bonchev–Trinajstić information content (AvgIpc) is 2.45. The number of nitrogens with zero attached hydrogens (tertiary/aromatic N) is 3. The van der Waals surface area contributed by atoms with E-state index in [9.17, 15) is 8.42 Å². The largest absolute Gasteiger partial charge is 0.370 e. The molecule has 2 saturated heterocycles. The minimum atomic E-state index is -3.04. The molecule has 6 nitrogen and oxygen atoms in total. The minimum absolute atomic E-state index is 0. The highest BCUT2D eigenvalue weighted by atomic mass is 127. The molecular formula is C12H25IN4O2S2. The van der Waals surface area contributed by atoms with Crippen LogP contribution in [-0.4, -0.2) is 74.1 Å². The second-order valence-corrected chi connectivity index (χ2v) is 8.61. The minimum Gasteiger partial charge on any atom is -0.370 e. The molecule has 0 bridgehead atoms. The Morgan fingerprint density at radius 1 is 1.24 bits per heavy atom. The zero-order valence-corrected chi connectivity index (χ0v) is 16.4. The van der Waals surface area contributed by atoms with Crippen molar-refractivity contribution < 1.29 is 8.42 Å². The standard InChI is InChI=1S/C12H24N4O2S2.HI/c1-20(17,18)16-4-2-11(3-5-16)10-14-12(13)15-6-8-19-9-7-15;/h11H,2-10H2,1H3,(H2,13,14);1H. The summed E-state index contributed by atoms with van der Waals surface area (Å²) in [6.45, 7) is 3.89. The lowest BCUT2D eigenvalue weighted by molar-refractivity contribution is 0.279. The SMILES string of the molecule is CS(=O)(=O)N1CCC(CN=C(N)N2CCSCC2)CC1.I. The van der Waals surface area contributed by atoms with Crippen LogP contribution in [0.15, 0.2) is 4.99 Å². The first kappa shape index (κ1) is 19.3. The Hall–Kier alpha value is 0.260. The normalized spacial score (nSPS) is 22.9. The molecule has 2 fully saturated rings. The predicted octanol–water partition coefficient (Wildman–Crippen LogP) is 0.640. The first-order chi connectivity index (χ1) is 9.47. The number of thioether (sulfide) groups is 1. The van der Waals surface area contributed by atoms with Crippen molar-refractivity contribution in [1.29, 1.82) is 0 Å². The van der Waals surface area contributed by atoms with E-state index in [2.05, 4.69) is 9.89 Å². The van der Waals surface area contributed by atoms with Crippen LogP contribution >= 0.6 is 35.7 Å². The molecule has 0 radical (unpaired) electrons. The maximum absolute atomic E-state index is 11.4. The number of hydrogen-bond acceptors (Lipinski definition) is 4. The summed E-state index contributed by atoms with van der Waals surface area (Å²) in [7, 11) is -3.04. The Kier molecular flexibility index (Phi) is 8.07. The lowest BCUT2D eigenvalue weighted by Crippen LogP contribution is -2.43. The molecule has 0 aromatic heterocycles. The van der Waals surface area contributed by atoms with Crippen molar-refractivity contribution in [3.63, 3.8) is 0 Å². The molecule has 0 saturated carbocycles. The van der Waals surface area contributed by atoms with Gasteiger partial charge in [0.05, 0.1) is 6.26 Å². The summed E-state index contributed by atoms with van der Waals surface area (Å²) >= 11 is 1.95. The lowest BCUT2D eigenvalue weighted by Gasteiger charge is -2.30. The summed E-state index contributed by atoms with van der Waals surface area (Å²) in [5, 5.41) is 0. The summed E-state index contributed by atoms with van der Waals surface area (Å²) in [6.07, 6.45) is 3.03. The van der Waals surface area contributed by atoms with E-state index in [1.807, 2.05) is 11.8 Å². The Morgan fingerprint density at radius 3 is 2.33 bits per heavy atom. The molecule has 0 spiro atoms. The van der Waals surface area contributed by atoms with Crippen LogP contribution in [0.5, 0.6) is 0 Å². The molecule has 124 valence electrons. The fraction of sp³-hybridized carbons (Fsp3) is 0.917. The third-order valence-electron chi connectivity index (χ3n) is 3.89. The molecule has 0 atom stereocenters. The summed E-state index contributed by atoms with van der Waals surface area (Å²) in [4.78, 5) is 6.64. The summed E-state index contributed by atoms with van der Waals surface area (Å²) in [5.74, 6) is 3.33. The van der Waals surface area contributed by atoms with Crippen molar-refractivity contribution >= 4 is 51.7 Å². The van der Waals surface area contributed by atoms with Crippen molar-refractivity contribution in [3.8, 4) is 0 Å². The third-order valence-corrected chi connectivity index (χ3v) is 6.13. The van der Waals surface area contributed by atoms with Crippen LogP contribution in [0, 0.1) is 5.92 Å². The summed E-state index contributed by atoms with van der Waals surface area (Å²) in [6, 6.07) is 0. The fourth-order valence-corrected chi connectivity index (χ4v) is 4.32. The van der Waals surface area contributed by atoms with Crippen LogP contribution in [0.1, 0.15) is 12.8 Å². The second-order valence-electron chi connectivity index (χ2n) is 5.40. The molecule has 9 heteroatoms. The number of guanidine groups is 1. The molecule has 0 aromatic carbocycles. The molecule has 0 unspecified atom stereocenters. The fourth-order valence-electron chi connectivity index (χ4n) is 2.54. The van der Waals surface area contributed by atoms with Crippen LogP contribution in [0.3, 0.4) is 0 Å². The van der Waals surface area contributed by atoms with Gasteiger partial charge in [-0.3, -0.25) is 4.99 Å². The Morgan fingerprint density at radius 2 is 1.81 bits per heavy atom. The maximum atomic E-state index is 11.4. The highest BCUT2D eigenvalue weighted by Crippen LogP contribution is 2.19. The van der Waals surface area contributed by atoms with E-state index in [0.717, 1.165) is 37.4 Å². The molecule has 0 amide bonds. The highest BCUT2D eigenvalue weighted by molar-refractivity contribution is 14.0. The van der Waals surface area contributed by atoms with Gasteiger partial charge in [-0.1, -0.05) is 0 Å². The number of aliphatic imine (C=N–C) groups is 1. The Balaban J connectivity index is 0.00000220. The number of piperidine rings is 1. The number of hydrogen-bond donors (Lipinski definition) is 1. The lowest BCUT2D eigenvalue weighted by atomic mass is 9.98. The van der Waals surface area contributed by atoms with Crippen LogP contribution < -0.4 is 5.73 Å². The molecule has 2 aliphatic heterocycles. The Labute approximate surface area is 149 Å². The molecule has 2 rings (SSSR count). The van der Waals surface area contributed by atoms with Gasteiger partial charge < -0.3 is 10.6 Å². The van der Waals surface area contributed by atoms with Crippen molar-refractivity contribution in [2.24, 2.45) is 16.6 Å². The van der Waals surface area contributed by atoms with E-state index >= 15 is 0 Å². The molecule has 21 heavy (non-hydrogen) atoms. The van der Waals surface area contributed by atoms with Gasteiger partial charge in [0.15, 0.2) is 5.96 Å². The number of rotatable bonds is 3. The van der Waals surface area contributed by atoms with Crippen LogP contribution in [0.2, 0.25) is 0 Å². The van der Waals surface area contributed by atoms with Gasteiger partial charge >= 0.3 is 0 Å². The van der Waals surface area contributed by atoms with E-state index in [0.29, 0.717) is 31.5 Å². The second kappa shape index (κ2) is 8.78.